The summed E-state index contributed by atoms with van der Waals surface area (Å²) in [6, 6.07) is 7.61. The maximum absolute atomic E-state index is 6.28. The summed E-state index contributed by atoms with van der Waals surface area (Å²) in [5, 5.41) is 16.7. The number of anilines is 1. The minimum Gasteiger partial charge on any atom is -0.358 e. The largest absolute Gasteiger partial charge is 0.358 e. The number of nitrogens with zero attached hydrogens (tertiary/aromatic N) is 4. The third kappa shape index (κ3) is 5.22. The first-order valence-electron chi connectivity index (χ1n) is 8.49. The van der Waals surface area contributed by atoms with Gasteiger partial charge in [0.25, 0.3) is 0 Å². The van der Waals surface area contributed by atoms with Crippen molar-refractivity contribution in [2.75, 3.05) is 5.32 Å². The summed E-state index contributed by atoms with van der Waals surface area (Å²) in [6.07, 6.45) is 3.77. The van der Waals surface area contributed by atoms with Crippen LogP contribution in [0.2, 0.25) is 10.0 Å². The molecule has 0 radical (unpaired) electrons. The lowest BCUT2D eigenvalue weighted by molar-refractivity contribution is 0.653. The van der Waals surface area contributed by atoms with E-state index in [4.69, 9.17) is 35.4 Å². The Morgan fingerprint density at radius 3 is 2.52 bits per heavy atom. The molecule has 9 heteroatoms. The van der Waals surface area contributed by atoms with Crippen LogP contribution < -0.4 is 10.6 Å². The quantitative estimate of drug-likeness (QED) is 0.581. The predicted molar refractivity (Wildman–Crippen MR) is 113 cm³/mol. The molecule has 0 aliphatic carbocycles. The van der Waals surface area contributed by atoms with E-state index in [0.717, 1.165) is 23.4 Å². The molecule has 2 heterocycles. The minimum absolute atomic E-state index is 0.456. The summed E-state index contributed by atoms with van der Waals surface area (Å²) in [5.41, 5.74) is 3.16. The van der Waals surface area contributed by atoms with Gasteiger partial charge in [-0.1, -0.05) is 35.3 Å². The van der Waals surface area contributed by atoms with E-state index >= 15 is 0 Å². The van der Waals surface area contributed by atoms with Gasteiger partial charge in [-0.15, -0.1) is 0 Å². The van der Waals surface area contributed by atoms with Crippen LogP contribution in [0.1, 0.15) is 23.7 Å². The summed E-state index contributed by atoms with van der Waals surface area (Å²) in [6.45, 7) is 6.05. The van der Waals surface area contributed by atoms with Gasteiger partial charge >= 0.3 is 0 Å². The van der Waals surface area contributed by atoms with Crippen molar-refractivity contribution in [3.05, 3.63) is 63.5 Å². The maximum Gasteiger partial charge on any atom is 0.173 e. The summed E-state index contributed by atoms with van der Waals surface area (Å²) >= 11 is 17.5. The Morgan fingerprint density at radius 1 is 1.11 bits per heavy atom. The monoisotopic (exact) mass is 422 g/mol. The highest BCUT2D eigenvalue weighted by molar-refractivity contribution is 7.80. The first kappa shape index (κ1) is 19.7. The lowest BCUT2D eigenvalue weighted by atomic mass is 10.2. The van der Waals surface area contributed by atoms with E-state index in [2.05, 4.69) is 27.8 Å². The van der Waals surface area contributed by atoms with Gasteiger partial charge in [0.1, 0.15) is 5.02 Å². The average molecular weight is 423 g/mol. The molecule has 0 bridgehead atoms. The fraction of sp³-hybridized carbons (Fsp3) is 0.278. The number of nitrogens with one attached hydrogen (secondary N) is 2. The number of thiocarbonyl (C=S) groups is 1. The first-order valence-corrected chi connectivity index (χ1v) is 9.66. The predicted octanol–water partition coefficient (Wildman–Crippen LogP) is 4.25. The van der Waals surface area contributed by atoms with Crippen molar-refractivity contribution < 1.29 is 0 Å². The number of hydrogen-bond acceptors (Lipinski definition) is 3. The maximum atomic E-state index is 6.28. The standard InChI is InChI=1S/C18H20Cl2N6S/c1-3-25-10-14(12(2)23-25)8-21-18(27)22-17-16(20)11-26(24-17)9-13-4-6-15(19)7-5-13/h4-7,10-11H,3,8-9H2,1-2H3,(H2,21,22,24,27). The van der Waals surface area contributed by atoms with Crippen molar-refractivity contribution in [1.29, 1.82) is 0 Å². The van der Waals surface area contributed by atoms with Gasteiger partial charge < -0.3 is 10.6 Å². The van der Waals surface area contributed by atoms with Crippen molar-refractivity contribution in [3.63, 3.8) is 0 Å². The van der Waals surface area contributed by atoms with E-state index < -0.39 is 0 Å². The van der Waals surface area contributed by atoms with E-state index in [-0.39, 0.29) is 0 Å². The molecule has 1 aromatic carbocycles. The highest BCUT2D eigenvalue weighted by Crippen LogP contribution is 2.20. The van der Waals surface area contributed by atoms with Crippen molar-refractivity contribution in [1.82, 2.24) is 24.9 Å². The Bertz CT molecular complexity index is 932. The van der Waals surface area contributed by atoms with Gasteiger partial charge in [-0.2, -0.15) is 10.2 Å². The summed E-state index contributed by atoms with van der Waals surface area (Å²) < 4.78 is 3.66. The third-order valence-corrected chi connectivity index (χ3v) is 4.79. The normalized spacial score (nSPS) is 10.8. The molecule has 2 N–H and O–H groups in total. The number of aryl methyl sites for hydroxylation is 2. The van der Waals surface area contributed by atoms with Crippen LogP contribution in [0.5, 0.6) is 0 Å². The van der Waals surface area contributed by atoms with E-state index in [1.165, 1.54) is 0 Å². The van der Waals surface area contributed by atoms with Gasteiger partial charge in [0.15, 0.2) is 10.9 Å². The number of benzene rings is 1. The second-order valence-electron chi connectivity index (χ2n) is 6.05. The van der Waals surface area contributed by atoms with Gasteiger partial charge in [0.2, 0.25) is 0 Å². The topological polar surface area (TPSA) is 59.7 Å². The SMILES string of the molecule is CCn1cc(CNC(=S)Nc2nn(Cc3ccc(Cl)cc3)cc2Cl)c(C)n1. The zero-order valence-electron chi connectivity index (χ0n) is 15.0. The van der Waals surface area contributed by atoms with Crippen LogP contribution in [0.15, 0.2) is 36.7 Å². The Kier molecular flexibility index (Phi) is 6.36. The van der Waals surface area contributed by atoms with Crippen LogP contribution in [0.4, 0.5) is 5.82 Å². The van der Waals surface area contributed by atoms with E-state index in [0.29, 0.717) is 34.1 Å². The number of aromatic nitrogens is 4. The number of rotatable bonds is 6. The second-order valence-corrected chi connectivity index (χ2v) is 7.30. The van der Waals surface area contributed by atoms with Gasteiger partial charge in [-0.3, -0.25) is 9.36 Å². The van der Waals surface area contributed by atoms with Crippen molar-refractivity contribution in [2.24, 2.45) is 0 Å². The Labute approximate surface area is 173 Å². The molecule has 0 spiro atoms. The Balaban J connectivity index is 1.58. The van der Waals surface area contributed by atoms with Crippen LogP contribution in [-0.2, 0) is 19.6 Å². The fourth-order valence-electron chi connectivity index (χ4n) is 2.56. The van der Waals surface area contributed by atoms with Gasteiger partial charge in [0.05, 0.1) is 12.2 Å². The lowest BCUT2D eigenvalue weighted by Crippen LogP contribution is -2.28. The molecule has 0 saturated heterocycles. The molecule has 27 heavy (non-hydrogen) atoms. The van der Waals surface area contributed by atoms with Crippen LogP contribution in [0.3, 0.4) is 0 Å². The number of halogens is 2. The third-order valence-electron chi connectivity index (χ3n) is 4.02. The zero-order valence-corrected chi connectivity index (χ0v) is 17.4. The van der Waals surface area contributed by atoms with Gasteiger partial charge in [-0.25, -0.2) is 0 Å². The summed E-state index contributed by atoms with van der Waals surface area (Å²) in [4.78, 5) is 0. The van der Waals surface area contributed by atoms with Crippen LogP contribution in [0.25, 0.3) is 0 Å². The zero-order chi connectivity index (χ0) is 19.4. The molecule has 0 aliphatic heterocycles. The van der Waals surface area contributed by atoms with E-state index in [1.807, 2.05) is 42.1 Å². The first-order chi connectivity index (χ1) is 12.9. The molecule has 3 aromatic rings. The van der Waals surface area contributed by atoms with Crippen molar-refractivity contribution >= 4 is 46.4 Å². The molecule has 142 valence electrons. The molecular weight excluding hydrogens is 403 g/mol. The summed E-state index contributed by atoms with van der Waals surface area (Å²) in [7, 11) is 0. The van der Waals surface area contributed by atoms with E-state index in [1.54, 1.807) is 10.9 Å². The lowest BCUT2D eigenvalue weighted by Gasteiger charge is -2.08. The summed E-state index contributed by atoms with van der Waals surface area (Å²) in [5.74, 6) is 0.518. The van der Waals surface area contributed by atoms with Crippen molar-refractivity contribution in [2.45, 2.75) is 33.5 Å². The number of hydrogen-bond donors (Lipinski definition) is 2. The molecule has 0 amide bonds. The molecule has 0 unspecified atom stereocenters. The van der Waals surface area contributed by atoms with Crippen LogP contribution in [0, 0.1) is 6.92 Å². The molecule has 3 rings (SSSR count). The molecule has 0 atom stereocenters. The van der Waals surface area contributed by atoms with Crippen LogP contribution in [-0.4, -0.2) is 24.7 Å². The minimum atomic E-state index is 0.456. The van der Waals surface area contributed by atoms with E-state index in [9.17, 15) is 0 Å². The molecule has 0 aliphatic rings. The fourth-order valence-corrected chi connectivity index (χ4v) is 3.05. The molecule has 2 aromatic heterocycles. The molecule has 6 nitrogen and oxygen atoms in total. The van der Waals surface area contributed by atoms with Crippen molar-refractivity contribution in [3.8, 4) is 0 Å². The Morgan fingerprint density at radius 2 is 1.85 bits per heavy atom. The highest BCUT2D eigenvalue weighted by Gasteiger charge is 2.10. The van der Waals surface area contributed by atoms with Gasteiger partial charge in [-0.05, 0) is 43.8 Å². The average Bonchev–Trinajstić information content (AvgIpc) is 3.17. The molecule has 0 fully saturated rings. The highest BCUT2D eigenvalue weighted by atomic mass is 35.5. The van der Waals surface area contributed by atoms with Crippen LogP contribution >= 0.6 is 35.4 Å². The Hall–Kier alpha value is -2.09. The van der Waals surface area contributed by atoms with Gasteiger partial charge in [0, 0.05) is 36.1 Å². The smallest absolute Gasteiger partial charge is 0.173 e. The molecule has 0 saturated carbocycles. The molecular formula is C18H20Cl2N6S. The second kappa shape index (κ2) is 8.73.